The number of benzene rings is 2. The van der Waals surface area contributed by atoms with Crippen LogP contribution in [0.2, 0.25) is 0 Å². The molecule has 4 rings (SSSR count). The zero-order valence-electron chi connectivity index (χ0n) is 13.0. The summed E-state index contributed by atoms with van der Waals surface area (Å²) in [5, 5.41) is 4.82. The van der Waals surface area contributed by atoms with Gasteiger partial charge in [-0.2, -0.15) is 9.78 Å². The molecule has 4 aromatic rings. The second-order valence-electron chi connectivity index (χ2n) is 5.34. The Balaban J connectivity index is 1.97. The third-order valence-corrected chi connectivity index (χ3v) is 4.23. The Labute approximate surface area is 151 Å². The summed E-state index contributed by atoms with van der Waals surface area (Å²) in [5.74, 6) is 1.03. The van der Waals surface area contributed by atoms with E-state index in [0.29, 0.717) is 22.5 Å². The van der Waals surface area contributed by atoms with Crippen LogP contribution in [0, 0.1) is 0 Å². The van der Waals surface area contributed by atoms with E-state index in [9.17, 15) is 4.79 Å². The normalized spacial score (nSPS) is 11.4. The summed E-state index contributed by atoms with van der Waals surface area (Å²) in [5.41, 5.74) is 1.20. The van der Waals surface area contributed by atoms with Crippen LogP contribution in [0.5, 0.6) is 0 Å². The first-order chi connectivity index (χ1) is 12.2. The molecule has 122 valence electrons. The smallest absolute Gasteiger partial charge is 0.282 e. The summed E-state index contributed by atoms with van der Waals surface area (Å²) in [6.07, 6.45) is 3.05. The Kier molecular flexibility index (Phi) is 4.03. The largest absolute Gasteiger partial charge is 0.463 e. The molecule has 0 N–H and O–H groups in total. The molecule has 0 saturated carbocycles. The number of para-hydroxylation sites is 1. The van der Waals surface area contributed by atoms with E-state index in [4.69, 9.17) is 4.42 Å². The molecule has 0 amide bonds. The van der Waals surface area contributed by atoms with Crippen LogP contribution in [0.15, 0.2) is 85.7 Å². The highest BCUT2D eigenvalue weighted by molar-refractivity contribution is 9.10. The van der Waals surface area contributed by atoms with Crippen molar-refractivity contribution in [2.45, 2.75) is 0 Å². The van der Waals surface area contributed by atoms with Crippen molar-refractivity contribution in [3.63, 3.8) is 0 Å². The van der Waals surface area contributed by atoms with Crippen LogP contribution in [0.3, 0.4) is 0 Å². The molecule has 0 spiro atoms. The van der Waals surface area contributed by atoms with Crippen molar-refractivity contribution in [3.05, 3.63) is 87.5 Å². The average Bonchev–Trinajstić information content (AvgIpc) is 3.15. The van der Waals surface area contributed by atoms with Gasteiger partial charge in [-0.05, 0) is 36.4 Å². The number of halogens is 1. The zero-order valence-corrected chi connectivity index (χ0v) is 14.6. The fourth-order valence-electron chi connectivity index (χ4n) is 2.50. The standard InChI is InChI=1S/C19H12BrN3O2/c20-14-9-7-13(8-10-14)18-22-17-6-2-1-5-16(17)19(24)23(18)21-12-15-4-3-11-25-15/h1-12H/b21-12-. The maximum absolute atomic E-state index is 12.9. The van der Waals surface area contributed by atoms with Crippen LogP contribution in [0.25, 0.3) is 22.3 Å². The molecular formula is C19H12BrN3O2. The van der Waals surface area contributed by atoms with Crippen molar-refractivity contribution in [3.8, 4) is 11.4 Å². The Morgan fingerprint density at radius 2 is 1.84 bits per heavy atom. The molecule has 5 nitrogen and oxygen atoms in total. The zero-order chi connectivity index (χ0) is 17.2. The van der Waals surface area contributed by atoms with Crippen molar-refractivity contribution in [2.75, 3.05) is 0 Å². The molecule has 0 fully saturated rings. The van der Waals surface area contributed by atoms with Crippen molar-refractivity contribution in [1.29, 1.82) is 0 Å². The summed E-state index contributed by atoms with van der Waals surface area (Å²) in [4.78, 5) is 17.6. The van der Waals surface area contributed by atoms with Crippen molar-refractivity contribution >= 4 is 33.0 Å². The van der Waals surface area contributed by atoms with Gasteiger partial charge in [0.2, 0.25) is 0 Å². The van der Waals surface area contributed by atoms with Gasteiger partial charge in [-0.25, -0.2) is 4.98 Å². The predicted octanol–water partition coefficient (Wildman–Crippen LogP) is 4.30. The number of fused-ring (bicyclic) bond motifs is 1. The number of hydrogen-bond donors (Lipinski definition) is 0. The second kappa shape index (κ2) is 6.49. The van der Waals surface area contributed by atoms with E-state index < -0.39 is 0 Å². The van der Waals surface area contributed by atoms with Gasteiger partial charge in [0.15, 0.2) is 5.82 Å². The molecule has 25 heavy (non-hydrogen) atoms. The highest BCUT2D eigenvalue weighted by Gasteiger charge is 2.12. The molecule has 0 atom stereocenters. The first-order valence-electron chi connectivity index (χ1n) is 7.58. The lowest BCUT2D eigenvalue weighted by atomic mass is 10.2. The van der Waals surface area contributed by atoms with Gasteiger partial charge >= 0.3 is 0 Å². The van der Waals surface area contributed by atoms with Crippen LogP contribution in [0.1, 0.15) is 5.76 Å². The van der Waals surface area contributed by atoms with Crippen LogP contribution in [0.4, 0.5) is 0 Å². The first-order valence-corrected chi connectivity index (χ1v) is 8.37. The summed E-state index contributed by atoms with van der Waals surface area (Å²) in [6.45, 7) is 0. The SMILES string of the molecule is O=c1c2ccccc2nc(-c2ccc(Br)cc2)n1/N=C\c1ccco1. The summed E-state index contributed by atoms with van der Waals surface area (Å²) in [6, 6.07) is 18.3. The van der Waals surface area contributed by atoms with Crippen LogP contribution in [-0.2, 0) is 0 Å². The van der Waals surface area contributed by atoms with E-state index in [2.05, 4.69) is 26.0 Å². The number of rotatable bonds is 3. The molecule has 0 radical (unpaired) electrons. The van der Waals surface area contributed by atoms with Gasteiger partial charge in [0, 0.05) is 10.0 Å². The fraction of sp³-hybridized carbons (Fsp3) is 0. The highest BCUT2D eigenvalue weighted by Crippen LogP contribution is 2.21. The van der Waals surface area contributed by atoms with Gasteiger partial charge in [0.05, 0.1) is 23.4 Å². The monoisotopic (exact) mass is 393 g/mol. The Bertz CT molecular complexity index is 1110. The van der Waals surface area contributed by atoms with E-state index in [0.717, 1.165) is 10.0 Å². The Morgan fingerprint density at radius 1 is 1.04 bits per heavy atom. The molecule has 2 aromatic carbocycles. The number of furan rings is 1. The van der Waals surface area contributed by atoms with Crippen molar-refractivity contribution in [1.82, 2.24) is 9.66 Å². The molecule has 2 aromatic heterocycles. The van der Waals surface area contributed by atoms with Crippen LogP contribution < -0.4 is 5.56 Å². The fourth-order valence-corrected chi connectivity index (χ4v) is 2.76. The minimum Gasteiger partial charge on any atom is -0.463 e. The van der Waals surface area contributed by atoms with E-state index in [-0.39, 0.29) is 5.56 Å². The summed E-state index contributed by atoms with van der Waals surface area (Å²) >= 11 is 3.42. The molecule has 0 saturated heterocycles. The maximum atomic E-state index is 12.9. The van der Waals surface area contributed by atoms with Crippen LogP contribution >= 0.6 is 15.9 Å². The van der Waals surface area contributed by atoms with E-state index >= 15 is 0 Å². The molecular weight excluding hydrogens is 382 g/mol. The van der Waals surface area contributed by atoms with E-state index in [1.807, 2.05) is 42.5 Å². The average molecular weight is 394 g/mol. The molecule has 0 aliphatic carbocycles. The predicted molar refractivity (Wildman–Crippen MR) is 101 cm³/mol. The van der Waals surface area contributed by atoms with Gasteiger partial charge < -0.3 is 4.42 Å². The second-order valence-corrected chi connectivity index (χ2v) is 6.25. The molecule has 0 unspecified atom stereocenters. The van der Waals surface area contributed by atoms with Crippen LogP contribution in [-0.4, -0.2) is 15.9 Å². The number of aromatic nitrogens is 2. The van der Waals surface area contributed by atoms with Gasteiger partial charge in [-0.15, -0.1) is 0 Å². The Morgan fingerprint density at radius 3 is 2.60 bits per heavy atom. The molecule has 0 aliphatic heterocycles. The van der Waals surface area contributed by atoms with Gasteiger partial charge in [-0.1, -0.05) is 40.2 Å². The topological polar surface area (TPSA) is 60.4 Å². The maximum Gasteiger partial charge on any atom is 0.282 e. The van der Waals surface area contributed by atoms with Gasteiger partial charge in [-0.3, -0.25) is 4.79 Å². The minimum absolute atomic E-state index is 0.230. The third kappa shape index (κ3) is 3.04. The number of hydrogen-bond acceptors (Lipinski definition) is 4. The van der Waals surface area contributed by atoms with E-state index in [1.54, 1.807) is 24.5 Å². The quantitative estimate of drug-likeness (QED) is 0.487. The highest BCUT2D eigenvalue weighted by atomic mass is 79.9. The number of nitrogens with zero attached hydrogens (tertiary/aromatic N) is 3. The summed E-state index contributed by atoms with van der Waals surface area (Å²) in [7, 11) is 0. The minimum atomic E-state index is -0.230. The first kappa shape index (κ1) is 15.5. The third-order valence-electron chi connectivity index (χ3n) is 3.70. The lowest BCUT2D eigenvalue weighted by Gasteiger charge is -2.09. The van der Waals surface area contributed by atoms with E-state index in [1.165, 1.54) is 10.9 Å². The molecule has 6 heteroatoms. The van der Waals surface area contributed by atoms with Gasteiger partial charge in [0.25, 0.3) is 5.56 Å². The summed E-state index contributed by atoms with van der Waals surface area (Å²) < 4.78 is 7.50. The molecule has 0 aliphatic rings. The lowest BCUT2D eigenvalue weighted by molar-refractivity contribution is 0.559. The lowest BCUT2D eigenvalue weighted by Crippen LogP contribution is -2.20. The van der Waals surface area contributed by atoms with Crippen molar-refractivity contribution in [2.24, 2.45) is 5.10 Å². The molecule has 2 heterocycles. The Hall–Kier alpha value is -2.99. The molecule has 0 bridgehead atoms. The van der Waals surface area contributed by atoms with Gasteiger partial charge in [0.1, 0.15) is 5.76 Å². The van der Waals surface area contributed by atoms with Crippen molar-refractivity contribution < 1.29 is 4.42 Å².